The van der Waals surface area contributed by atoms with Crippen LogP contribution in [0.3, 0.4) is 0 Å². The van der Waals surface area contributed by atoms with E-state index in [9.17, 15) is 9.90 Å². The van der Waals surface area contributed by atoms with Crippen LogP contribution < -0.4 is 4.74 Å². The summed E-state index contributed by atoms with van der Waals surface area (Å²) in [6, 6.07) is 9.63. The quantitative estimate of drug-likeness (QED) is 0.215. The number of rotatable bonds is 16. The van der Waals surface area contributed by atoms with E-state index in [1.807, 2.05) is 42.5 Å². The lowest BCUT2D eigenvalue weighted by molar-refractivity contribution is -0.226. The van der Waals surface area contributed by atoms with Crippen molar-refractivity contribution in [3.8, 4) is 5.75 Å². The summed E-state index contributed by atoms with van der Waals surface area (Å²) >= 11 is 0. The molecule has 2 aliphatic heterocycles. The molecule has 3 fully saturated rings. The molecule has 9 heteroatoms. The van der Waals surface area contributed by atoms with Crippen LogP contribution in [0.4, 0.5) is 0 Å². The van der Waals surface area contributed by atoms with Gasteiger partial charge in [-0.15, -0.1) is 0 Å². The summed E-state index contributed by atoms with van der Waals surface area (Å²) in [5.41, 5.74) is 0. The van der Waals surface area contributed by atoms with E-state index in [2.05, 4.69) is 0 Å². The minimum atomic E-state index is -0.787. The normalized spacial score (nSPS) is 29.9. The Kier molecular flexibility index (Phi) is 13.2. The summed E-state index contributed by atoms with van der Waals surface area (Å²) in [6.07, 6.45) is 10.2. The molecule has 1 aromatic rings. The molecule has 4 rings (SSSR count). The van der Waals surface area contributed by atoms with Crippen LogP contribution >= 0.6 is 0 Å². The monoisotopic (exact) mass is 562 g/mol. The number of aliphatic hydroxyl groups excluding tert-OH is 1. The van der Waals surface area contributed by atoms with Crippen LogP contribution in [-0.4, -0.2) is 79.6 Å². The van der Waals surface area contributed by atoms with Gasteiger partial charge in [0.25, 0.3) is 0 Å². The van der Waals surface area contributed by atoms with Crippen LogP contribution in [0.5, 0.6) is 5.75 Å². The van der Waals surface area contributed by atoms with Gasteiger partial charge in [0.05, 0.1) is 24.9 Å². The van der Waals surface area contributed by atoms with E-state index in [-0.39, 0.29) is 49.8 Å². The first-order valence-corrected chi connectivity index (χ1v) is 15.0. The van der Waals surface area contributed by atoms with E-state index in [1.165, 1.54) is 0 Å². The number of aliphatic hydroxyl groups is 1. The van der Waals surface area contributed by atoms with Crippen LogP contribution in [0.25, 0.3) is 0 Å². The maximum atomic E-state index is 11.0. The zero-order valence-corrected chi connectivity index (χ0v) is 23.4. The highest BCUT2D eigenvalue weighted by Crippen LogP contribution is 2.36. The number of hydrogen-bond acceptors (Lipinski definition) is 8. The van der Waals surface area contributed by atoms with Crippen molar-refractivity contribution >= 4 is 5.97 Å². The Morgan fingerprint density at radius 3 is 2.45 bits per heavy atom. The second kappa shape index (κ2) is 17.1. The Hall–Kier alpha value is -2.01. The van der Waals surface area contributed by atoms with Gasteiger partial charge in [-0.1, -0.05) is 30.4 Å². The first-order chi connectivity index (χ1) is 19.6. The minimum absolute atomic E-state index is 0.149. The molecule has 0 amide bonds. The molecule has 1 aromatic carbocycles. The maximum Gasteiger partial charge on any atom is 0.303 e. The first-order valence-electron chi connectivity index (χ1n) is 15.0. The van der Waals surface area contributed by atoms with Crippen molar-refractivity contribution in [2.45, 2.75) is 108 Å². The second-order valence-corrected chi connectivity index (χ2v) is 10.9. The number of allylic oxidation sites excluding steroid dienone is 2. The third kappa shape index (κ3) is 10.4. The van der Waals surface area contributed by atoms with Crippen molar-refractivity contribution in [1.29, 1.82) is 0 Å². The zero-order valence-electron chi connectivity index (χ0n) is 23.4. The van der Waals surface area contributed by atoms with Crippen molar-refractivity contribution in [1.82, 2.24) is 0 Å². The van der Waals surface area contributed by atoms with Crippen molar-refractivity contribution in [3.63, 3.8) is 0 Å². The maximum absolute atomic E-state index is 11.0. The zero-order chi connectivity index (χ0) is 28.0. The second-order valence-electron chi connectivity index (χ2n) is 10.9. The van der Waals surface area contributed by atoms with Crippen LogP contribution in [0.1, 0.15) is 70.6 Å². The molecule has 40 heavy (non-hydrogen) atoms. The lowest BCUT2D eigenvalue weighted by Gasteiger charge is -2.32. The third-order valence-electron chi connectivity index (χ3n) is 7.69. The molecule has 0 aromatic heterocycles. The highest BCUT2D eigenvalue weighted by atomic mass is 16.7. The number of aliphatic carboxylic acids is 1. The Balaban J connectivity index is 1.39. The Labute approximate surface area is 237 Å². The fourth-order valence-electron chi connectivity index (χ4n) is 5.54. The molecule has 3 aliphatic rings. The summed E-state index contributed by atoms with van der Waals surface area (Å²) < 4.78 is 36.9. The average Bonchev–Trinajstić information content (AvgIpc) is 3.26. The topological polar surface area (TPSA) is 113 Å². The summed E-state index contributed by atoms with van der Waals surface area (Å²) in [4.78, 5) is 10.8. The van der Waals surface area contributed by atoms with Gasteiger partial charge >= 0.3 is 5.97 Å². The summed E-state index contributed by atoms with van der Waals surface area (Å²) in [6.45, 7) is 1.95. The number of carbonyl (C=O) groups is 1. The molecule has 1 aliphatic carbocycles. The van der Waals surface area contributed by atoms with Crippen molar-refractivity contribution in [2.24, 2.45) is 5.92 Å². The van der Waals surface area contributed by atoms with Gasteiger partial charge < -0.3 is 38.6 Å². The highest BCUT2D eigenvalue weighted by Gasteiger charge is 2.45. The molecule has 0 bridgehead atoms. The van der Waals surface area contributed by atoms with Crippen molar-refractivity contribution < 1.29 is 43.4 Å². The number of unbranched alkanes of at least 4 members (excludes halogenated alkanes) is 1. The van der Waals surface area contributed by atoms with E-state index in [0.717, 1.165) is 44.3 Å². The van der Waals surface area contributed by atoms with Crippen molar-refractivity contribution in [3.05, 3.63) is 42.5 Å². The van der Waals surface area contributed by atoms with Gasteiger partial charge in [0.1, 0.15) is 18.5 Å². The summed E-state index contributed by atoms with van der Waals surface area (Å²) in [5.74, 6) is -0.186. The summed E-state index contributed by atoms with van der Waals surface area (Å²) in [5, 5.41) is 19.9. The van der Waals surface area contributed by atoms with Gasteiger partial charge in [0.15, 0.2) is 12.6 Å². The van der Waals surface area contributed by atoms with Gasteiger partial charge in [-0.2, -0.15) is 0 Å². The van der Waals surface area contributed by atoms with E-state index in [1.54, 1.807) is 0 Å². The van der Waals surface area contributed by atoms with Gasteiger partial charge in [-0.3, -0.25) is 4.79 Å². The number of benzene rings is 1. The summed E-state index contributed by atoms with van der Waals surface area (Å²) in [7, 11) is 0. The van der Waals surface area contributed by atoms with E-state index < -0.39 is 12.1 Å². The third-order valence-corrected chi connectivity index (χ3v) is 7.69. The lowest BCUT2D eigenvalue weighted by Crippen LogP contribution is -2.40. The van der Waals surface area contributed by atoms with Gasteiger partial charge in [-0.25, -0.2) is 0 Å². The molecule has 7 atom stereocenters. The molecule has 2 saturated heterocycles. The van der Waals surface area contributed by atoms with E-state index in [4.69, 9.17) is 33.5 Å². The van der Waals surface area contributed by atoms with Crippen LogP contribution in [-0.2, 0) is 28.5 Å². The van der Waals surface area contributed by atoms with Gasteiger partial charge in [0, 0.05) is 32.0 Å². The average molecular weight is 563 g/mol. The molecule has 9 nitrogen and oxygen atoms in total. The number of para-hydroxylation sites is 1. The Morgan fingerprint density at radius 1 is 1.00 bits per heavy atom. The molecule has 2 heterocycles. The predicted octanol–water partition coefficient (Wildman–Crippen LogP) is 4.86. The number of carboxylic acid groups (broad SMARTS) is 1. The highest BCUT2D eigenvalue weighted by molar-refractivity contribution is 5.66. The molecular formula is C31H46O9. The van der Waals surface area contributed by atoms with Crippen LogP contribution in [0.2, 0.25) is 0 Å². The van der Waals surface area contributed by atoms with Crippen LogP contribution in [0.15, 0.2) is 42.5 Å². The fourth-order valence-corrected chi connectivity index (χ4v) is 5.54. The molecule has 224 valence electrons. The lowest BCUT2D eigenvalue weighted by atomic mass is 9.98. The molecule has 0 radical (unpaired) electrons. The Bertz CT molecular complexity index is 867. The first kappa shape index (κ1) is 30.9. The van der Waals surface area contributed by atoms with Crippen molar-refractivity contribution in [2.75, 3.05) is 26.4 Å². The minimum Gasteiger partial charge on any atom is -0.491 e. The van der Waals surface area contributed by atoms with Gasteiger partial charge in [-0.05, 0) is 69.9 Å². The molecule has 4 unspecified atom stereocenters. The standard InChI is InChI=1S/C31H46O9/c32-26-20-27(40-30-17-9-11-19-36-30)31(25(26)14-6-1-2-7-15-28(33)34)38-22-24(39-29-16-8-10-18-35-29)21-37-23-12-4-3-5-13-23/h1,3-6,12-13,24-27,29-32H,2,7-11,14-22H2,(H,33,34)/b6-1-/t24?,25-,26?,27+,29?,30?,31+/m0/s1. The smallest absolute Gasteiger partial charge is 0.303 e. The molecule has 2 N–H and O–H groups in total. The Morgan fingerprint density at radius 2 is 1.75 bits per heavy atom. The fraction of sp³-hybridized carbons (Fsp3) is 0.710. The molecule has 1 saturated carbocycles. The van der Waals surface area contributed by atoms with Gasteiger partial charge in [0.2, 0.25) is 0 Å². The number of hydrogen-bond donors (Lipinski definition) is 2. The van der Waals surface area contributed by atoms with E-state index in [0.29, 0.717) is 45.5 Å². The van der Waals surface area contributed by atoms with E-state index >= 15 is 0 Å². The SMILES string of the molecule is O=C(O)CCC/C=C\C[C@H]1C(O)C[C@@H](OC2CCCCO2)[C@@H]1OCC(COc1ccccc1)OC1CCCCO1. The molecular weight excluding hydrogens is 516 g/mol. The number of ether oxygens (including phenoxy) is 6. The molecule has 0 spiro atoms. The predicted molar refractivity (Wildman–Crippen MR) is 148 cm³/mol. The largest absolute Gasteiger partial charge is 0.491 e. The number of carboxylic acids is 1. The van der Waals surface area contributed by atoms with Crippen LogP contribution in [0, 0.1) is 5.92 Å².